The van der Waals surface area contributed by atoms with Gasteiger partial charge in [-0.2, -0.15) is 10.4 Å². The van der Waals surface area contributed by atoms with Crippen LogP contribution in [-0.2, 0) is 6.54 Å². The first kappa shape index (κ1) is 16.4. The van der Waals surface area contributed by atoms with Gasteiger partial charge in [0.2, 0.25) is 0 Å². The molecule has 0 unspecified atom stereocenters. The molecule has 2 rings (SSSR count). The molecule has 0 radical (unpaired) electrons. The van der Waals surface area contributed by atoms with Gasteiger partial charge >= 0.3 is 0 Å². The van der Waals surface area contributed by atoms with Gasteiger partial charge in [0.1, 0.15) is 17.7 Å². The number of halogens is 1. The lowest BCUT2D eigenvalue weighted by atomic mass is 10.2. The molecule has 0 bridgehead atoms. The fraction of sp³-hybridized carbons (Fsp3) is 0.250. The van der Waals surface area contributed by atoms with Crippen molar-refractivity contribution in [1.82, 2.24) is 9.78 Å². The van der Waals surface area contributed by atoms with E-state index in [1.54, 1.807) is 18.2 Å². The van der Waals surface area contributed by atoms with E-state index in [0.29, 0.717) is 11.4 Å². The number of nitrogen functional groups attached to an aromatic ring is 1. The lowest BCUT2D eigenvalue weighted by molar-refractivity contribution is 0.587. The molecule has 1 heterocycles. The zero-order valence-electron chi connectivity index (χ0n) is 12.3. The van der Waals surface area contributed by atoms with Crippen LogP contribution < -0.4 is 5.73 Å². The smallest absolute Gasteiger partial charge is 0.164 e. The molecule has 0 atom stereocenters. The van der Waals surface area contributed by atoms with Gasteiger partial charge in [0.15, 0.2) is 5.69 Å². The zero-order valence-corrected chi connectivity index (χ0v) is 12.3. The Kier molecular flexibility index (Phi) is 6.69. The van der Waals surface area contributed by atoms with E-state index in [1.165, 1.54) is 16.8 Å². The Bertz CT molecular complexity index is 638. The van der Waals surface area contributed by atoms with E-state index in [9.17, 15) is 4.39 Å². The Morgan fingerprint density at radius 1 is 1.43 bits per heavy atom. The van der Waals surface area contributed by atoms with Gasteiger partial charge in [0.25, 0.3) is 0 Å². The maximum absolute atomic E-state index is 13.3. The Hall–Kier alpha value is -2.61. The largest absolute Gasteiger partial charge is 0.384 e. The van der Waals surface area contributed by atoms with Crippen molar-refractivity contribution >= 4 is 5.82 Å². The van der Waals surface area contributed by atoms with Crippen molar-refractivity contribution in [2.24, 2.45) is 0 Å². The third kappa shape index (κ3) is 5.11. The molecule has 110 valence electrons. The Morgan fingerprint density at radius 2 is 2.14 bits per heavy atom. The van der Waals surface area contributed by atoms with E-state index in [1.807, 2.05) is 13.0 Å². The molecule has 0 aliphatic rings. The summed E-state index contributed by atoms with van der Waals surface area (Å²) in [6.07, 6.45) is 5.34. The molecular formula is C16H19FN4. The Labute approximate surface area is 124 Å². The number of nitriles is 1. The molecule has 21 heavy (non-hydrogen) atoms. The first-order valence-electron chi connectivity index (χ1n) is 6.70. The summed E-state index contributed by atoms with van der Waals surface area (Å²) in [6.45, 7) is 4.38. The van der Waals surface area contributed by atoms with Crippen molar-refractivity contribution in [3.63, 3.8) is 0 Å². The topological polar surface area (TPSA) is 67.6 Å². The van der Waals surface area contributed by atoms with Gasteiger partial charge in [0, 0.05) is 11.6 Å². The fourth-order valence-corrected chi connectivity index (χ4v) is 1.64. The van der Waals surface area contributed by atoms with E-state index >= 15 is 0 Å². The minimum atomic E-state index is -0.309. The third-order valence-corrected chi connectivity index (χ3v) is 2.67. The second-order valence-corrected chi connectivity index (χ2v) is 4.29. The number of hydrogen-bond acceptors (Lipinski definition) is 3. The van der Waals surface area contributed by atoms with Gasteiger partial charge in [-0.3, -0.25) is 0 Å². The maximum atomic E-state index is 13.3. The summed E-state index contributed by atoms with van der Waals surface area (Å²) in [4.78, 5) is 0. The lowest BCUT2D eigenvalue weighted by Crippen LogP contribution is -2.07. The van der Waals surface area contributed by atoms with Crippen LogP contribution in [0.2, 0.25) is 0 Å². The normalized spacial score (nSPS) is 10.0. The van der Waals surface area contributed by atoms with Crippen molar-refractivity contribution in [3.05, 3.63) is 59.6 Å². The van der Waals surface area contributed by atoms with Gasteiger partial charge in [-0.05, 0) is 19.4 Å². The van der Waals surface area contributed by atoms with E-state index in [4.69, 9.17) is 11.0 Å². The first-order chi connectivity index (χ1) is 10.1. The summed E-state index contributed by atoms with van der Waals surface area (Å²) < 4.78 is 14.7. The summed E-state index contributed by atoms with van der Waals surface area (Å²) in [6, 6.07) is 9.73. The van der Waals surface area contributed by atoms with Gasteiger partial charge < -0.3 is 5.73 Å². The molecule has 1 aromatic carbocycles. The maximum Gasteiger partial charge on any atom is 0.164 e. The summed E-state index contributed by atoms with van der Waals surface area (Å²) in [5.74, 6) is 0.0377. The van der Waals surface area contributed by atoms with Crippen LogP contribution in [0, 0.1) is 17.1 Å². The Balaban J connectivity index is 0.000000383. The zero-order chi connectivity index (χ0) is 15.7. The number of aromatic nitrogens is 2. The van der Waals surface area contributed by atoms with Gasteiger partial charge in [-0.25, -0.2) is 9.07 Å². The summed E-state index contributed by atoms with van der Waals surface area (Å²) in [7, 11) is 0. The van der Waals surface area contributed by atoms with Crippen molar-refractivity contribution in [2.45, 2.75) is 26.8 Å². The number of rotatable bonds is 3. The number of nitrogens with zero attached hydrogens (tertiary/aromatic N) is 3. The van der Waals surface area contributed by atoms with Crippen molar-refractivity contribution in [3.8, 4) is 6.07 Å². The predicted molar refractivity (Wildman–Crippen MR) is 82.0 cm³/mol. The molecule has 0 saturated heterocycles. The summed E-state index contributed by atoms with van der Waals surface area (Å²) >= 11 is 0. The highest BCUT2D eigenvalue weighted by molar-refractivity contribution is 5.37. The van der Waals surface area contributed by atoms with Crippen molar-refractivity contribution in [2.75, 3.05) is 5.73 Å². The molecule has 0 spiro atoms. The average Bonchev–Trinajstić information content (AvgIpc) is 2.83. The van der Waals surface area contributed by atoms with Crippen molar-refractivity contribution < 1.29 is 4.39 Å². The van der Waals surface area contributed by atoms with Crippen LogP contribution in [-0.4, -0.2) is 9.78 Å². The van der Waals surface area contributed by atoms with Gasteiger partial charge in [0.05, 0.1) is 6.54 Å². The van der Waals surface area contributed by atoms with Crippen LogP contribution in [0.1, 0.15) is 31.5 Å². The molecule has 2 N–H and O–H groups in total. The minimum absolute atomic E-state index is 0.222. The number of hydrogen-bond donors (Lipinski definition) is 1. The van der Waals surface area contributed by atoms with Crippen LogP contribution in [0.25, 0.3) is 0 Å². The van der Waals surface area contributed by atoms with E-state index in [2.05, 4.69) is 24.2 Å². The second-order valence-electron chi connectivity index (χ2n) is 4.29. The molecule has 0 amide bonds. The number of nitrogens with two attached hydrogens (primary N) is 1. The molecule has 0 aliphatic heterocycles. The molecule has 4 nitrogen and oxygen atoms in total. The molecule has 1 aromatic heterocycles. The van der Waals surface area contributed by atoms with E-state index < -0.39 is 0 Å². The second kappa shape index (κ2) is 8.54. The number of benzene rings is 1. The first-order valence-corrected chi connectivity index (χ1v) is 6.70. The van der Waals surface area contributed by atoms with Crippen LogP contribution in [0.4, 0.5) is 10.2 Å². The van der Waals surface area contributed by atoms with Gasteiger partial charge in [-0.1, -0.05) is 37.3 Å². The molecule has 5 heteroatoms. The SMILES string of the molecule is C/C=C\CC.N#Cc1cc(N)n(Cc2ccccc2F)n1. The lowest BCUT2D eigenvalue weighted by Gasteiger charge is -2.04. The van der Waals surface area contributed by atoms with Crippen LogP contribution >= 0.6 is 0 Å². The summed E-state index contributed by atoms with van der Waals surface area (Å²) in [5, 5.41) is 12.6. The van der Waals surface area contributed by atoms with Gasteiger partial charge in [-0.15, -0.1) is 0 Å². The highest BCUT2D eigenvalue weighted by atomic mass is 19.1. The van der Waals surface area contributed by atoms with Crippen LogP contribution in [0.15, 0.2) is 42.5 Å². The fourth-order valence-electron chi connectivity index (χ4n) is 1.64. The van der Waals surface area contributed by atoms with E-state index in [-0.39, 0.29) is 18.1 Å². The van der Waals surface area contributed by atoms with Crippen LogP contribution in [0.5, 0.6) is 0 Å². The quantitative estimate of drug-likeness (QED) is 0.878. The predicted octanol–water partition coefficient (Wildman–Crippen LogP) is 3.50. The molecule has 0 fully saturated rings. The molecule has 0 aliphatic carbocycles. The van der Waals surface area contributed by atoms with Crippen LogP contribution in [0.3, 0.4) is 0 Å². The highest BCUT2D eigenvalue weighted by Crippen LogP contribution is 2.12. The monoisotopic (exact) mass is 286 g/mol. The third-order valence-electron chi connectivity index (χ3n) is 2.67. The van der Waals surface area contributed by atoms with Crippen molar-refractivity contribution in [1.29, 1.82) is 5.26 Å². The average molecular weight is 286 g/mol. The molecular weight excluding hydrogens is 267 g/mol. The number of anilines is 1. The molecule has 0 saturated carbocycles. The number of allylic oxidation sites excluding steroid dienone is 2. The molecule has 2 aromatic rings. The summed E-state index contributed by atoms with van der Waals surface area (Å²) in [5.41, 5.74) is 6.36. The highest BCUT2D eigenvalue weighted by Gasteiger charge is 2.07. The van der Waals surface area contributed by atoms with E-state index in [0.717, 1.165) is 6.42 Å². The Morgan fingerprint density at radius 3 is 2.62 bits per heavy atom. The minimum Gasteiger partial charge on any atom is -0.384 e. The standard InChI is InChI=1S/C11H9FN4.C5H10/c12-10-4-2-1-3-8(10)7-16-11(14)5-9(6-13)15-16;1-3-5-4-2/h1-5H,7,14H2;3,5H,4H2,1-2H3/b;5-3-.